The highest BCUT2D eigenvalue weighted by atomic mass is 79.9. The second kappa shape index (κ2) is 9.79. The molecule has 142 valence electrons. The number of rotatable bonds is 6. The molecule has 1 aromatic heterocycles. The predicted octanol–water partition coefficient (Wildman–Crippen LogP) is 1.91. The van der Waals surface area contributed by atoms with Crippen LogP contribution in [0.25, 0.3) is 0 Å². The van der Waals surface area contributed by atoms with E-state index in [-0.39, 0.29) is 12.5 Å². The number of halogens is 1. The monoisotopic (exact) mass is 433 g/mol. The number of nitrogens with one attached hydrogen (secondary N) is 3. The Morgan fingerprint density at radius 3 is 2.44 bits per heavy atom. The first-order chi connectivity index (χ1) is 12.9. The largest absolute Gasteiger partial charge is 0.341 e. The van der Waals surface area contributed by atoms with Crippen molar-refractivity contribution in [1.29, 1.82) is 0 Å². The highest BCUT2D eigenvalue weighted by molar-refractivity contribution is 9.10. The maximum Gasteiger partial charge on any atom is 0.321 e. The van der Waals surface area contributed by atoms with Gasteiger partial charge in [-0.3, -0.25) is 19.8 Å². The average Bonchev–Trinajstić information content (AvgIpc) is 2.64. The van der Waals surface area contributed by atoms with Crippen LogP contribution in [0.3, 0.4) is 0 Å². The third-order valence-corrected chi connectivity index (χ3v) is 4.13. The summed E-state index contributed by atoms with van der Waals surface area (Å²) in [6, 6.07) is 10.9. The third-order valence-electron chi connectivity index (χ3n) is 3.66. The van der Waals surface area contributed by atoms with Crippen LogP contribution in [0.1, 0.15) is 11.6 Å². The number of benzene rings is 1. The van der Waals surface area contributed by atoms with Gasteiger partial charge in [-0.15, -0.1) is 0 Å². The number of hydrogen-bond donors (Lipinski definition) is 3. The first kappa shape index (κ1) is 20.5. The molecule has 0 aliphatic heterocycles. The minimum Gasteiger partial charge on any atom is -0.341 e. The minimum absolute atomic E-state index is 0.0710. The van der Waals surface area contributed by atoms with Crippen LogP contribution in [0.2, 0.25) is 0 Å². The Balaban J connectivity index is 2.11. The van der Waals surface area contributed by atoms with Gasteiger partial charge < -0.3 is 10.6 Å². The van der Waals surface area contributed by atoms with Crippen molar-refractivity contribution >= 4 is 39.6 Å². The molecule has 0 aliphatic carbocycles. The molecule has 0 saturated carbocycles. The number of nitrogens with zero attached hydrogens (tertiary/aromatic N) is 2. The summed E-state index contributed by atoms with van der Waals surface area (Å²) in [5.41, 5.74) is 0.663. The Labute approximate surface area is 165 Å². The van der Waals surface area contributed by atoms with E-state index < -0.39 is 18.0 Å². The SMILES string of the molecule is CNC(=O)NC(=O)C(c1ccccc1)N(C)CC(=O)Nc1ccc(Br)cn1. The Kier molecular flexibility index (Phi) is 7.44. The first-order valence-corrected chi connectivity index (χ1v) is 8.89. The van der Waals surface area contributed by atoms with Crippen LogP contribution in [0.5, 0.6) is 0 Å². The molecule has 0 fully saturated rings. The van der Waals surface area contributed by atoms with Crippen molar-refractivity contribution in [2.75, 3.05) is 26.0 Å². The molecule has 0 aliphatic rings. The molecule has 2 aromatic rings. The normalized spacial score (nSPS) is 11.6. The molecule has 9 heteroatoms. The molecule has 2 rings (SSSR count). The van der Waals surface area contributed by atoms with Gasteiger partial charge in [-0.1, -0.05) is 30.3 Å². The van der Waals surface area contributed by atoms with Gasteiger partial charge >= 0.3 is 6.03 Å². The molecule has 0 bridgehead atoms. The molecule has 1 heterocycles. The molecule has 8 nitrogen and oxygen atoms in total. The van der Waals surface area contributed by atoms with Crippen LogP contribution >= 0.6 is 15.9 Å². The standard InChI is InChI=1S/C18H20BrN5O3/c1-20-18(27)23-17(26)16(12-6-4-3-5-7-12)24(2)11-15(25)22-14-9-8-13(19)10-21-14/h3-10,16H,11H2,1-2H3,(H,21,22,25)(H2,20,23,26,27). The lowest BCUT2D eigenvalue weighted by atomic mass is 10.0. The van der Waals surface area contributed by atoms with Gasteiger partial charge in [0.25, 0.3) is 0 Å². The molecule has 0 spiro atoms. The number of likely N-dealkylation sites (N-methyl/N-ethyl adjacent to an activating group) is 1. The van der Waals surface area contributed by atoms with E-state index in [1.165, 1.54) is 7.05 Å². The van der Waals surface area contributed by atoms with E-state index in [0.29, 0.717) is 11.4 Å². The fraction of sp³-hybridized carbons (Fsp3) is 0.222. The molecule has 1 aromatic carbocycles. The highest BCUT2D eigenvalue weighted by Crippen LogP contribution is 2.19. The summed E-state index contributed by atoms with van der Waals surface area (Å²) in [6.45, 7) is -0.0710. The first-order valence-electron chi connectivity index (χ1n) is 8.10. The molecule has 1 atom stereocenters. The van der Waals surface area contributed by atoms with Crippen LogP contribution < -0.4 is 16.0 Å². The van der Waals surface area contributed by atoms with Crippen LogP contribution in [0.4, 0.5) is 10.6 Å². The summed E-state index contributed by atoms with van der Waals surface area (Å²) < 4.78 is 0.799. The van der Waals surface area contributed by atoms with Gasteiger partial charge in [-0.2, -0.15) is 0 Å². The van der Waals surface area contributed by atoms with E-state index in [1.807, 2.05) is 6.07 Å². The fourth-order valence-electron chi connectivity index (χ4n) is 2.43. The third kappa shape index (κ3) is 6.15. The molecular weight excluding hydrogens is 414 g/mol. The number of aromatic nitrogens is 1. The molecule has 4 amide bonds. The van der Waals surface area contributed by atoms with Gasteiger partial charge in [0.15, 0.2) is 0 Å². The lowest BCUT2D eigenvalue weighted by molar-refractivity contribution is -0.126. The summed E-state index contributed by atoms with van der Waals surface area (Å²) in [5.74, 6) is -0.457. The zero-order valence-electron chi connectivity index (χ0n) is 14.9. The van der Waals surface area contributed by atoms with E-state index in [2.05, 4.69) is 36.9 Å². The van der Waals surface area contributed by atoms with Crippen molar-refractivity contribution in [1.82, 2.24) is 20.5 Å². The Hall–Kier alpha value is -2.78. The van der Waals surface area contributed by atoms with Crippen molar-refractivity contribution < 1.29 is 14.4 Å². The predicted molar refractivity (Wildman–Crippen MR) is 105 cm³/mol. The fourth-order valence-corrected chi connectivity index (χ4v) is 2.67. The van der Waals surface area contributed by atoms with Gasteiger partial charge in [0, 0.05) is 17.7 Å². The molecule has 1 unspecified atom stereocenters. The summed E-state index contributed by atoms with van der Waals surface area (Å²) in [6.07, 6.45) is 1.57. The van der Waals surface area contributed by atoms with Gasteiger partial charge in [-0.25, -0.2) is 9.78 Å². The van der Waals surface area contributed by atoms with E-state index in [0.717, 1.165) is 4.47 Å². The zero-order chi connectivity index (χ0) is 19.8. The molecule has 27 heavy (non-hydrogen) atoms. The number of urea groups is 1. The van der Waals surface area contributed by atoms with Crippen LogP contribution in [0, 0.1) is 0 Å². The molecule has 0 saturated heterocycles. The second-order valence-electron chi connectivity index (χ2n) is 5.71. The number of anilines is 1. The minimum atomic E-state index is -0.813. The van der Waals surface area contributed by atoms with Crippen molar-refractivity contribution in [2.24, 2.45) is 0 Å². The Bertz CT molecular complexity index is 798. The maximum atomic E-state index is 12.6. The quantitative estimate of drug-likeness (QED) is 0.645. The van der Waals surface area contributed by atoms with E-state index in [4.69, 9.17) is 0 Å². The van der Waals surface area contributed by atoms with Crippen molar-refractivity contribution in [3.8, 4) is 0 Å². The van der Waals surface area contributed by atoms with E-state index in [9.17, 15) is 14.4 Å². The second-order valence-corrected chi connectivity index (χ2v) is 6.62. The number of hydrogen-bond acceptors (Lipinski definition) is 5. The highest BCUT2D eigenvalue weighted by Gasteiger charge is 2.27. The Morgan fingerprint density at radius 1 is 1.15 bits per heavy atom. The van der Waals surface area contributed by atoms with Crippen LogP contribution in [0.15, 0.2) is 53.1 Å². The van der Waals surface area contributed by atoms with Crippen LogP contribution in [-0.4, -0.2) is 48.4 Å². The number of carbonyl (C=O) groups excluding carboxylic acids is 3. The summed E-state index contributed by atoms with van der Waals surface area (Å²) in [7, 11) is 3.05. The van der Waals surface area contributed by atoms with Crippen LogP contribution in [-0.2, 0) is 9.59 Å². The average molecular weight is 434 g/mol. The lowest BCUT2D eigenvalue weighted by Gasteiger charge is -2.26. The van der Waals surface area contributed by atoms with E-state index in [1.54, 1.807) is 54.5 Å². The van der Waals surface area contributed by atoms with Crippen molar-refractivity contribution in [2.45, 2.75) is 6.04 Å². The van der Waals surface area contributed by atoms with Gasteiger partial charge in [-0.05, 0) is 40.7 Å². The maximum absolute atomic E-state index is 12.6. The van der Waals surface area contributed by atoms with Crippen molar-refractivity contribution in [3.05, 3.63) is 58.7 Å². The van der Waals surface area contributed by atoms with Gasteiger partial charge in [0.2, 0.25) is 11.8 Å². The number of carbonyl (C=O) groups is 3. The molecular formula is C18H20BrN5O3. The topological polar surface area (TPSA) is 103 Å². The van der Waals surface area contributed by atoms with Gasteiger partial charge in [0.05, 0.1) is 6.54 Å². The summed E-state index contributed by atoms with van der Waals surface area (Å²) in [4.78, 5) is 42.1. The van der Waals surface area contributed by atoms with E-state index >= 15 is 0 Å². The number of pyridine rings is 1. The smallest absolute Gasteiger partial charge is 0.321 e. The molecule has 3 N–H and O–H groups in total. The molecule has 0 radical (unpaired) electrons. The zero-order valence-corrected chi connectivity index (χ0v) is 16.5. The lowest BCUT2D eigenvalue weighted by Crippen LogP contribution is -2.46. The van der Waals surface area contributed by atoms with Gasteiger partial charge in [0.1, 0.15) is 11.9 Å². The number of imide groups is 1. The van der Waals surface area contributed by atoms with Crippen molar-refractivity contribution in [3.63, 3.8) is 0 Å². The summed E-state index contributed by atoms with van der Waals surface area (Å²) in [5, 5.41) is 7.27. The Morgan fingerprint density at radius 2 is 1.85 bits per heavy atom. The summed E-state index contributed by atoms with van der Waals surface area (Å²) >= 11 is 3.28. The number of amides is 4.